The van der Waals surface area contributed by atoms with Crippen LogP contribution in [0.3, 0.4) is 0 Å². The van der Waals surface area contributed by atoms with E-state index in [-0.39, 0.29) is 43.6 Å². The fourth-order valence-electron chi connectivity index (χ4n) is 4.40. The summed E-state index contributed by atoms with van der Waals surface area (Å²) in [5, 5.41) is 43.0. The normalized spacial score (nSPS) is 11.6. The summed E-state index contributed by atoms with van der Waals surface area (Å²) in [6, 6.07) is 28.5. The molecule has 0 fully saturated rings. The molecule has 0 aliphatic rings. The van der Waals surface area contributed by atoms with Gasteiger partial charge in [0.25, 0.3) is 5.69 Å². The number of non-ortho nitro benzene ring substituents is 1. The van der Waals surface area contributed by atoms with Crippen LogP contribution in [0.5, 0.6) is 11.5 Å². The lowest BCUT2D eigenvalue weighted by molar-refractivity contribution is -0.385. The fraction of sp³-hybridized carbons (Fsp3) is 0.219. The summed E-state index contributed by atoms with van der Waals surface area (Å²) in [6.07, 6.45) is -0.671. The Morgan fingerprint density at radius 3 is 2.41 bits per heavy atom. The van der Waals surface area contributed by atoms with Gasteiger partial charge >= 0.3 is 0 Å². The van der Waals surface area contributed by atoms with Crippen molar-refractivity contribution in [3.63, 3.8) is 0 Å². The summed E-state index contributed by atoms with van der Waals surface area (Å²) in [7, 11) is 0. The number of benzene rings is 4. The number of rotatable bonds is 13. The lowest BCUT2D eigenvalue weighted by atomic mass is 9.97. The minimum absolute atomic E-state index is 0.147. The van der Waals surface area contributed by atoms with Gasteiger partial charge in [-0.2, -0.15) is 5.26 Å². The Morgan fingerprint density at radius 1 is 0.951 bits per heavy atom. The van der Waals surface area contributed by atoms with Crippen LogP contribution in [0.2, 0.25) is 0 Å². The van der Waals surface area contributed by atoms with E-state index in [1.807, 2.05) is 55.5 Å². The maximum absolute atomic E-state index is 11.6. The van der Waals surface area contributed by atoms with Gasteiger partial charge in [0.05, 0.1) is 41.9 Å². The van der Waals surface area contributed by atoms with Crippen LogP contribution in [-0.4, -0.2) is 40.9 Å². The van der Waals surface area contributed by atoms with E-state index in [1.54, 1.807) is 24.3 Å². The smallest absolute Gasteiger partial charge is 0.273 e. The minimum atomic E-state index is -0.671. The highest BCUT2D eigenvalue weighted by Gasteiger charge is 2.21. The molecule has 9 nitrogen and oxygen atoms in total. The molecule has 4 aromatic carbocycles. The Kier molecular flexibility index (Phi) is 10.0. The van der Waals surface area contributed by atoms with Gasteiger partial charge in [0, 0.05) is 12.6 Å². The number of nitro groups is 1. The molecule has 0 saturated heterocycles. The van der Waals surface area contributed by atoms with Gasteiger partial charge in [-0.1, -0.05) is 60.7 Å². The van der Waals surface area contributed by atoms with E-state index in [0.717, 1.165) is 22.3 Å². The molecule has 3 N–H and O–H groups in total. The van der Waals surface area contributed by atoms with Crippen molar-refractivity contribution in [2.75, 3.05) is 19.8 Å². The molecule has 0 aliphatic heterocycles. The molecule has 0 aliphatic carbocycles. The van der Waals surface area contributed by atoms with Gasteiger partial charge in [-0.25, -0.2) is 0 Å². The quantitative estimate of drug-likeness (QED) is 0.154. The first-order valence-corrected chi connectivity index (χ1v) is 13.1. The van der Waals surface area contributed by atoms with E-state index in [4.69, 9.17) is 9.47 Å². The lowest BCUT2D eigenvalue weighted by Crippen LogP contribution is -2.39. The van der Waals surface area contributed by atoms with Crippen LogP contribution >= 0.6 is 0 Å². The minimum Gasteiger partial charge on any atom is -0.485 e. The van der Waals surface area contributed by atoms with Crippen LogP contribution in [-0.2, 0) is 6.61 Å². The van der Waals surface area contributed by atoms with Crippen LogP contribution in [0.4, 0.5) is 5.69 Å². The Morgan fingerprint density at radius 2 is 1.71 bits per heavy atom. The van der Waals surface area contributed by atoms with Crippen LogP contribution in [0.15, 0.2) is 91.0 Å². The van der Waals surface area contributed by atoms with Gasteiger partial charge in [0.15, 0.2) is 11.5 Å². The first-order chi connectivity index (χ1) is 19.9. The SMILES string of the molecule is Cc1c(COc2cc([N+](=O)[O-])ccc2OC(CNC(CO)CO)c2cccc(C#N)c2)cccc1-c1ccccc1. The molecule has 9 heteroatoms. The summed E-state index contributed by atoms with van der Waals surface area (Å²) in [4.78, 5) is 11.1. The number of nitriles is 1. The van der Waals surface area contributed by atoms with Crippen molar-refractivity contribution >= 4 is 5.69 Å². The Labute approximate surface area is 238 Å². The molecule has 41 heavy (non-hydrogen) atoms. The number of aliphatic hydroxyl groups excluding tert-OH is 2. The van der Waals surface area contributed by atoms with Crippen molar-refractivity contribution in [2.24, 2.45) is 0 Å². The van der Waals surface area contributed by atoms with Crippen molar-refractivity contribution in [3.8, 4) is 28.7 Å². The third kappa shape index (κ3) is 7.47. The number of nitrogens with zero attached hydrogens (tertiary/aromatic N) is 2. The molecule has 1 atom stereocenters. The highest BCUT2D eigenvalue weighted by Crippen LogP contribution is 2.36. The molecule has 0 heterocycles. The standard InChI is InChI=1S/C32H31N3O6/c1-22-26(11-6-12-29(22)24-8-3-2-4-9-24)21-40-31-16-28(35(38)39)13-14-30(31)41-32(18-34-27(19-36)20-37)25-10-5-7-23(15-25)17-33/h2-16,27,32,34,36-37H,18-21H2,1H3. The average Bonchev–Trinajstić information content (AvgIpc) is 3.01. The number of nitro benzene ring substituents is 1. The Balaban J connectivity index is 1.64. The van der Waals surface area contributed by atoms with E-state index < -0.39 is 17.1 Å². The fourth-order valence-corrected chi connectivity index (χ4v) is 4.40. The predicted molar refractivity (Wildman–Crippen MR) is 155 cm³/mol. The van der Waals surface area contributed by atoms with Crippen LogP contribution in [0.1, 0.15) is 28.4 Å². The highest BCUT2D eigenvalue weighted by molar-refractivity contribution is 5.68. The maximum atomic E-state index is 11.6. The molecule has 4 aromatic rings. The molecule has 1 unspecified atom stereocenters. The topological polar surface area (TPSA) is 138 Å². The molecule has 4 rings (SSSR count). The summed E-state index contributed by atoms with van der Waals surface area (Å²) in [5.74, 6) is 0.456. The number of ether oxygens (including phenoxy) is 2. The van der Waals surface area contributed by atoms with Gasteiger partial charge in [-0.3, -0.25) is 10.1 Å². The number of hydrogen-bond donors (Lipinski definition) is 3. The molecule has 0 saturated carbocycles. The third-order valence-corrected chi connectivity index (χ3v) is 6.74. The molecular weight excluding hydrogens is 522 g/mol. The second-order valence-corrected chi connectivity index (χ2v) is 9.45. The third-order valence-electron chi connectivity index (χ3n) is 6.74. The largest absolute Gasteiger partial charge is 0.485 e. The van der Waals surface area contributed by atoms with Crippen LogP contribution < -0.4 is 14.8 Å². The van der Waals surface area contributed by atoms with E-state index in [1.165, 1.54) is 18.2 Å². The van der Waals surface area contributed by atoms with Gasteiger partial charge in [-0.15, -0.1) is 0 Å². The van der Waals surface area contributed by atoms with Crippen molar-refractivity contribution in [2.45, 2.75) is 25.7 Å². The van der Waals surface area contributed by atoms with Crippen molar-refractivity contribution < 1.29 is 24.6 Å². The van der Waals surface area contributed by atoms with E-state index >= 15 is 0 Å². The summed E-state index contributed by atoms with van der Waals surface area (Å²) >= 11 is 0. The first-order valence-electron chi connectivity index (χ1n) is 13.1. The zero-order valence-corrected chi connectivity index (χ0v) is 22.6. The predicted octanol–water partition coefficient (Wildman–Crippen LogP) is 5.08. The van der Waals surface area contributed by atoms with Gasteiger partial charge in [0.2, 0.25) is 0 Å². The maximum Gasteiger partial charge on any atom is 0.273 e. The molecule has 0 radical (unpaired) electrons. The van der Waals surface area contributed by atoms with Crippen LogP contribution in [0.25, 0.3) is 11.1 Å². The lowest BCUT2D eigenvalue weighted by Gasteiger charge is -2.24. The van der Waals surface area contributed by atoms with E-state index in [2.05, 4.69) is 11.4 Å². The molecule has 0 spiro atoms. The van der Waals surface area contributed by atoms with Crippen molar-refractivity contribution in [1.82, 2.24) is 5.32 Å². The second-order valence-electron chi connectivity index (χ2n) is 9.45. The number of nitrogens with one attached hydrogen (secondary N) is 1. The zero-order valence-electron chi connectivity index (χ0n) is 22.6. The van der Waals surface area contributed by atoms with E-state index in [9.17, 15) is 25.6 Å². The molecule has 0 aromatic heterocycles. The zero-order chi connectivity index (χ0) is 29.2. The number of aliphatic hydroxyl groups is 2. The van der Waals surface area contributed by atoms with Crippen molar-refractivity contribution in [1.29, 1.82) is 5.26 Å². The monoisotopic (exact) mass is 553 g/mol. The Hall–Kier alpha value is -4.75. The van der Waals surface area contributed by atoms with E-state index in [0.29, 0.717) is 11.1 Å². The molecule has 0 amide bonds. The van der Waals surface area contributed by atoms with Crippen LogP contribution in [0, 0.1) is 28.4 Å². The summed E-state index contributed by atoms with van der Waals surface area (Å²) in [5.41, 5.74) is 5.04. The van der Waals surface area contributed by atoms with Crippen molar-refractivity contribution in [3.05, 3.63) is 123 Å². The average molecular weight is 554 g/mol. The van der Waals surface area contributed by atoms with Gasteiger partial charge < -0.3 is 25.0 Å². The molecule has 0 bridgehead atoms. The van der Waals surface area contributed by atoms with Gasteiger partial charge in [-0.05, 0) is 52.9 Å². The summed E-state index contributed by atoms with van der Waals surface area (Å²) in [6.45, 7) is 1.77. The molecule has 210 valence electrons. The highest BCUT2D eigenvalue weighted by atomic mass is 16.6. The molecular formula is C32H31N3O6. The Bertz CT molecular complexity index is 1520. The second kappa shape index (κ2) is 14.1. The number of hydrogen-bond acceptors (Lipinski definition) is 8. The first kappa shape index (κ1) is 29.2. The summed E-state index contributed by atoms with van der Waals surface area (Å²) < 4.78 is 12.5. The van der Waals surface area contributed by atoms with Gasteiger partial charge in [0.1, 0.15) is 12.7 Å².